The van der Waals surface area contributed by atoms with Crippen molar-refractivity contribution in [1.82, 2.24) is 4.90 Å². The number of likely N-dealkylation sites (N-methyl/N-ethyl adjacent to an activating group) is 1. The molecule has 0 unspecified atom stereocenters. The molecule has 0 aliphatic heterocycles. The van der Waals surface area contributed by atoms with Crippen molar-refractivity contribution in [1.29, 1.82) is 0 Å². The summed E-state index contributed by atoms with van der Waals surface area (Å²) in [5.41, 5.74) is 1.40. The molecule has 0 radical (unpaired) electrons. The molecular formula is C15H23NO3. The number of carbonyl (C=O) groups is 1. The summed E-state index contributed by atoms with van der Waals surface area (Å²) in [6, 6.07) is 5.78. The van der Waals surface area contributed by atoms with E-state index in [9.17, 15) is 9.90 Å². The first-order valence-corrected chi connectivity index (χ1v) is 6.33. The Hall–Kier alpha value is -1.55. The number of hydrogen-bond donors (Lipinski definition) is 1. The van der Waals surface area contributed by atoms with Crippen LogP contribution in [0.5, 0.6) is 5.75 Å². The number of methoxy groups -OCH3 is 1. The van der Waals surface area contributed by atoms with E-state index in [0.29, 0.717) is 5.75 Å². The quantitative estimate of drug-likeness (QED) is 0.883. The van der Waals surface area contributed by atoms with Crippen LogP contribution in [0.4, 0.5) is 0 Å². The average Bonchev–Trinajstić information content (AvgIpc) is 2.38. The number of aryl methyl sites for hydroxylation is 1. The Morgan fingerprint density at radius 1 is 1.42 bits per heavy atom. The second-order valence-electron chi connectivity index (χ2n) is 5.42. The predicted molar refractivity (Wildman–Crippen MR) is 75.4 cm³/mol. The summed E-state index contributed by atoms with van der Waals surface area (Å²) in [4.78, 5) is 13.8. The zero-order valence-corrected chi connectivity index (χ0v) is 12.4. The Labute approximate surface area is 115 Å². The van der Waals surface area contributed by atoms with E-state index >= 15 is 0 Å². The fraction of sp³-hybridized carbons (Fsp3) is 0.533. The van der Waals surface area contributed by atoms with Crippen molar-refractivity contribution >= 4 is 5.91 Å². The summed E-state index contributed by atoms with van der Waals surface area (Å²) >= 11 is 0. The predicted octanol–water partition coefficient (Wildman–Crippen LogP) is 1.78. The molecule has 0 aromatic heterocycles. The van der Waals surface area contributed by atoms with E-state index in [-0.39, 0.29) is 18.9 Å². The standard InChI is InChI=1S/C15H23NO3/c1-11-6-7-13(19-5)12(8-11)9-14(18)16(4)15(2,3)10-17/h6-8,17H,9-10H2,1-5H3. The van der Waals surface area contributed by atoms with E-state index in [1.165, 1.54) is 0 Å². The van der Waals surface area contributed by atoms with Gasteiger partial charge in [-0.25, -0.2) is 0 Å². The van der Waals surface area contributed by atoms with Gasteiger partial charge in [-0.2, -0.15) is 0 Å². The van der Waals surface area contributed by atoms with Crippen molar-refractivity contribution in [2.75, 3.05) is 20.8 Å². The van der Waals surface area contributed by atoms with Gasteiger partial charge in [0, 0.05) is 12.6 Å². The molecule has 0 aliphatic rings. The van der Waals surface area contributed by atoms with Gasteiger partial charge in [-0.1, -0.05) is 17.7 Å². The van der Waals surface area contributed by atoms with Gasteiger partial charge in [-0.3, -0.25) is 4.79 Å². The Morgan fingerprint density at radius 2 is 2.05 bits per heavy atom. The van der Waals surface area contributed by atoms with Crippen LogP contribution < -0.4 is 4.74 Å². The molecule has 4 heteroatoms. The fourth-order valence-electron chi connectivity index (χ4n) is 1.77. The van der Waals surface area contributed by atoms with Crippen LogP contribution in [0.15, 0.2) is 18.2 Å². The van der Waals surface area contributed by atoms with Gasteiger partial charge < -0.3 is 14.7 Å². The number of amides is 1. The first-order valence-electron chi connectivity index (χ1n) is 6.33. The molecule has 0 aliphatic carbocycles. The lowest BCUT2D eigenvalue weighted by Gasteiger charge is -2.34. The van der Waals surface area contributed by atoms with Crippen molar-refractivity contribution in [3.8, 4) is 5.75 Å². The van der Waals surface area contributed by atoms with Gasteiger partial charge >= 0.3 is 0 Å². The topological polar surface area (TPSA) is 49.8 Å². The van der Waals surface area contributed by atoms with Gasteiger partial charge in [-0.15, -0.1) is 0 Å². The van der Waals surface area contributed by atoms with Crippen molar-refractivity contribution in [3.63, 3.8) is 0 Å². The Kier molecular flexibility index (Phi) is 4.95. The SMILES string of the molecule is COc1ccc(C)cc1CC(=O)N(C)C(C)(C)CO. The molecule has 1 amide bonds. The zero-order chi connectivity index (χ0) is 14.6. The minimum Gasteiger partial charge on any atom is -0.496 e. The molecule has 106 valence electrons. The number of ether oxygens (including phenoxy) is 1. The molecule has 1 aromatic rings. The van der Waals surface area contributed by atoms with Crippen LogP contribution in [0, 0.1) is 6.92 Å². The minimum atomic E-state index is -0.561. The molecule has 19 heavy (non-hydrogen) atoms. The van der Waals surface area contributed by atoms with Gasteiger partial charge in [0.1, 0.15) is 5.75 Å². The second kappa shape index (κ2) is 6.06. The molecule has 4 nitrogen and oxygen atoms in total. The van der Waals surface area contributed by atoms with Crippen LogP contribution in [0.1, 0.15) is 25.0 Å². The number of aliphatic hydroxyl groups excluding tert-OH is 1. The number of aliphatic hydroxyl groups is 1. The van der Waals surface area contributed by atoms with Crippen LogP contribution in [0.25, 0.3) is 0 Å². The molecule has 1 aromatic carbocycles. The summed E-state index contributed by atoms with van der Waals surface area (Å²) in [6.07, 6.45) is 0.269. The van der Waals surface area contributed by atoms with Crippen LogP contribution in [0.3, 0.4) is 0 Å². The van der Waals surface area contributed by atoms with Gasteiger partial charge in [-0.05, 0) is 26.8 Å². The van der Waals surface area contributed by atoms with E-state index in [1.54, 1.807) is 19.1 Å². The van der Waals surface area contributed by atoms with Crippen LogP contribution >= 0.6 is 0 Å². The molecular weight excluding hydrogens is 242 g/mol. The fourth-order valence-corrected chi connectivity index (χ4v) is 1.77. The normalized spacial score (nSPS) is 11.3. The molecule has 1 rings (SSSR count). The molecule has 0 heterocycles. The minimum absolute atomic E-state index is 0.0389. The van der Waals surface area contributed by atoms with E-state index in [2.05, 4.69) is 0 Å². The first kappa shape index (κ1) is 15.5. The smallest absolute Gasteiger partial charge is 0.227 e. The highest BCUT2D eigenvalue weighted by Crippen LogP contribution is 2.22. The molecule has 0 atom stereocenters. The third kappa shape index (κ3) is 3.70. The first-order chi connectivity index (χ1) is 8.81. The maximum atomic E-state index is 12.3. The molecule has 0 fully saturated rings. The summed E-state index contributed by atoms with van der Waals surface area (Å²) < 4.78 is 5.27. The maximum absolute atomic E-state index is 12.3. The van der Waals surface area contributed by atoms with Gasteiger partial charge in [0.2, 0.25) is 5.91 Å². The monoisotopic (exact) mass is 265 g/mol. The van der Waals surface area contributed by atoms with E-state index in [4.69, 9.17) is 4.74 Å². The van der Waals surface area contributed by atoms with E-state index in [0.717, 1.165) is 11.1 Å². The highest BCUT2D eigenvalue weighted by Gasteiger charge is 2.27. The van der Waals surface area contributed by atoms with Crippen LogP contribution in [-0.4, -0.2) is 42.2 Å². The van der Waals surface area contributed by atoms with Crippen molar-refractivity contribution in [3.05, 3.63) is 29.3 Å². The van der Waals surface area contributed by atoms with Crippen molar-refractivity contribution in [2.45, 2.75) is 32.7 Å². The maximum Gasteiger partial charge on any atom is 0.227 e. The lowest BCUT2D eigenvalue weighted by molar-refractivity contribution is -0.135. The van der Waals surface area contributed by atoms with Gasteiger partial charge in [0.15, 0.2) is 0 Å². The summed E-state index contributed by atoms with van der Waals surface area (Å²) in [5, 5.41) is 9.31. The summed E-state index contributed by atoms with van der Waals surface area (Å²) in [5.74, 6) is 0.678. The summed E-state index contributed by atoms with van der Waals surface area (Å²) in [7, 11) is 3.31. The number of carbonyl (C=O) groups excluding carboxylic acids is 1. The Balaban J connectivity index is 2.91. The number of rotatable bonds is 5. The lowest BCUT2D eigenvalue weighted by atomic mass is 10.0. The van der Waals surface area contributed by atoms with E-state index in [1.807, 2.05) is 39.0 Å². The molecule has 0 spiro atoms. The number of hydrogen-bond acceptors (Lipinski definition) is 3. The van der Waals surface area contributed by atoms with Crippen LogP contribution in [0.2, 0.25) is 0 Å². The van der Waals surface area contributed by atoms with Gasteiger partial charge in [0.25, 0.3) is 0 Å². The molecule has 0 saturated carbocycles. The Bertz CT molecular complexity index is 455. The highest BCUT2D eigenvalue weighted by atomic mass is 16.5. The average molecular weight is 265 g/mol. The van der Waals surface area contributed by atoms with Crippen LogP contribution in [-0.2, 0) is 11.2 Å². The Morgan fingerprint density at radius 3 is 2.58 bits per heavy atom. The largest absolute Gasteiger partial charge is 0.496 e. The zero-order valence-electron chi connectivity index (χ0n) is 12.4. The van der Waals surface area contributed by atoms with Crippen molar-refractivity contribution < 1.29 is 14.6 Å². The van der Waals surface area contributed by atoms with Crippen molar-refractivity contribution in [2.24, 2.45) is 0 Å². The third-order valence-electron chi connectivity index (χ3n) is 3.45. The van der Waals surface area contributed by atoms with E-state index < -0.39 is 5.54 Å². The number of nitrogens with zero attached hydrogens (tertiary/aromatic N) is 1. The molecule has 1 N–H and O–H groups in total. The number of benzene rings is 1. The molecule has 0 bridgehead atoms. The molecule has 0 saturated heterocycles. The second-order valence-corrected chi connectivity index (χ2v) is 5.42. The lowest BCUT2D eigenvalue weighted by Crippen LogP contribution is -2.48. The van der Waals surface area contributed by atoms with Gasteiger partial charge in [0.05, 0.1) is 25.7 Å². The highest BCUT2D eigenvalue weighted by molar-refractivity contribution is 5.80. The summed E-state index contributed by atoms with van der Waals surface area (Å²) in [6.45, 7) is 5.58. The third-order valence-corrected chi connectivity index (χ3v) is 3.45.